The molecule has 0 aliphatic heterocycles. The summed E-state index contributed by atoms with van der Waals surface area (Å²) in [6.07, 6.45) is 8.29. The van der Waals surface area contributed by atoms with Gasteiger partial charge in [-0.2, -0.15) is 0 Å². The van der Waals surface area contributed by atoms with Gasteiger partial charge in [0.15, 0.2) is 0 Å². The first-order valence-electron chi connectivity index (χ1n) is 7.37. The van der Waals surface area contributed by atoms with Gasteiger partial charge in [0.25, 0.3) is 0 Å². The average Bonchev–Trinajstić information content (AvgIpc) is 2.67. The Morgan fingerprint density at radius 3 is 2.63 bits per heavy atom. The van der Waals surface area contributed by atoms with Crippen molar-refractivity contribution in [1.29, 1.82) is 0 Å². The third-order valence-corrected chi connectivity index (χ3v) is 3.90. The molecule has 2 rings (SSSR count). The number of hydrogen-bond acceptors (Lipinski definition) is 2. The van der Waals surface area contributed by atoms with E-state index in [0.717, 1.165) is 11.3 Å². The van der Waals surface area contributed by atoms with Crippen LogP contribution in [0.4, 0.5) is 5.69 Å². The monoisotopic (exact) mass is 260 g/mol. The van der Waals surface area contributed by atoms with Gasteiger partial charge in [-0.25, -0.2) is 0 Å². The molecule has 1 aromatic rings. The molecule has 0 heterocycles. The number of amides is 1. The second-order valence-corrected chi connectivity index (χ2v) is 5.51. The first-order chi connectivity index (χ1) is 9.28. The molecular formula is C16H24N2O. The van der Waals surface area contributed by atoms with Crippen LogP contribution in [0.1, 0.15) is 50.5 Å². The number of carbonyl (C=O) groups excluding carboxylic acids is 1. The van der Waals surface area contributed by atoms with E-state index in [0.29, 0.717) is 18.9 Å². The molecule has 19 heavy (non-hydrogen) atoms. The predicted octanol–water partition coefficient (Wildman–Crippen LogP) is 3.44. The van der Waals surface area contributed by atoms with Crippen molar-refractivity contribution in [2.75, 3.05) is 5.32 Å². The highest BCUT2D eigenvalue weighted by atomic mass is 16.1. The summed E-state index contributed by atoms with van der Waals surface area (Å²) in [6, 6.07) is 7.78. The van der Waals surface area contributed by atoms with Crippen molar-refractivity contribution in [1.82, 2.24) is 0 Å². The summed E-state index contributed by atoms with van der Waals surface area (Å²) in [5, 5.41) is 2.99. The van der Waals surface area contributed by atoms with E-state index in [1.165, 1.54) is 38.5 Å². The van der Waals surface area contributed by atoms with Crippen molar-refractivity contribution in [3.8, 4) is 0 Å². The van der Waals surface area contributed by atoms with Crippen LogP contribution in [0, 0.1) is 5.92 Å². The van der Waals surface area contributed by atoms with Crippen molar-refractivity contribution in [3.63, 3.8) is 0 Å². The fraction of sp³-hybridized carbons (Fsp3) is 0.562. The van der Waals surface area contributed by atoms with Crippen LogP contribution >= 0.6 is 0 Å². The van der Waals surface area contributed by atoms with Crippen molar-refractivity contribution in [3.05, 3.63) is 29.8 Å². The quantitative estimate of drug-likeness (QED) is 0.815. The Kier molecular flexibility index (Phi) is 5.40. The molecule has 0 saturated heterocycles. The Morgan fingerprint density at radius 1 is 1.21 bits per heavy atom. The van der Waals surface area contributed by atoms with Gasteiger partial charge in [-0.3, -0.25) is 4.79 Å². The SMILES string of the molecule is NCc1cccc(NC(=O)CC2CCCCCC2)c1. The van der Waals surface area contributed by atoms with Crippen molar-refractivity contribution in [2.45, 2.75) is 51.5 Å². The molecule has 0 bridgehead atoms. The van der Waals surface area contributed by atoms with Crippen LogP contribution in [0.15, 0.2) is 24.3 Å². The first kappa shape index (κ1) is 14.1. The van der Waals surface area contributed by atoms with E-state index >= 15 is 0 Å². The van der Waals surface area contributed by atoms with Crippen molar-refractivity contribution in [2.24, 2.45) is 11.7 Å². The van der Waals surface area contributed by atoms with E-state index in [4.69, 9.17) is 5.73 Å². The van der Waals surface area contributed by atoms with Crippen molar-refractivity contribution >= 4 is 11.6 Å². The lowest BCUT2D eigenvalue weighted by molar-refractivity contribution is -0.117. The zero-order valence-electron chi connectivity index (χ0n) is 11.5. The maximum absolute atomic E-state index is 12.1. The smallest absolute Gasteiger partial charge is 0.224 e. The molecule has 1 aliphatic carbocycles. The summed E-state index contributed by atoms with van der Waals surface area (Å²) >= 11 is 0. The van der Waals surface area contributed by atoms with Crippen LogP contribution < -0.4 is 11.1 Å². The molecule has 0 aromatic heterocycles. The van der Waals surface area contributed by atoms with E-state index in [1.54, 1.807) is 0 Å². The van der Waals surface area contributed by atoms with Crippen LogP contribution in [0.25, 0.3) is 0 Å². The predicted molar refractivity (Wildman–Crippen MR) is 78.8 cm³/mol. The summed E-state index contributed by atoms with van der Waals surface area (Å²) in [7, 11) is 0. The third-order valence-electron chi connectivity index (χ3n) is 3.90. The molecule has 3 nitrogen and oxygen atoms in total. The van der Waals surface area contributed by atoms with Crippen LogP contribution in [0.3, 0.4) is 0 Å². The van der Waals surface area contributed by atoms with Gasteiger partial charge in [0.2, 0.25) is 5.91 Å². The lowest BCUT2D eigenvalue weighted by Gasteiger charge is -2.14. The largest absolute Gasteiger partial charge is 0.326 e. The van der Waals surface area contributed by atoms with E-state index in [1.807, 2.05) is 24.3 Å². The third kappa shape index (κ3) is 4.67. The molecule has 1 saturated carbocycles. The molecule has 0 radical (unpaired) electrons. The standard InChI is InChI=1S/C16H24N2O/c17-12-14-8-5-9-15(10-14)18-16(19)11-13-6-3-1-2-4-7-13/h5,8-10,13H,1-4,6-7,11-12,17H2,(H,18,19). The molecule has 1 fully saturated rings. The van der Waals surface area contributed by atoms with Crippen LogP contribution in [-0.2, 0) is 11.3 Å². The number of carbonyl (C=O) groups is 1. The minimum atomic E-state index is 0.140. The maximum Gasteiger partial charge on any atom is 0.224 e. The molecule has 104 valence electrons. The van der Waals surface area contributed by atoms with E-state index < -0.39 is 0 Å². The number of anilines is 1. The van der Waals surface area contributed by atoms with E-state index in [2.05, 4.69) is 5.32 Å². The van der Waals surface area contributed by atoms with E-state index in [-0.39, 0.29) is 5.91 Å². The Balaban J connectivity index is 1.85. The Bertz CT molecular complexity index is 409. The van der Waals surface area contributed by atoms with Crippen LogP contribution in [-0.4, -0.2) is 5.91 Å². The number of rotatable bonds is 4. The average molecular weight is 260 g/mol. The van der Waals surface area contributed by atoms with Crippen molar-refractivity contribution < 1.29 is 4.79 Å². The lowest BCUT2D eigenvalue weighted by atomic mass is 9.96. The molecule has 1 amide bonds. The Labute approximate surface area is 115 Å². The fourth-order valence-electron chi connectivity index (χ4n) is 2.82. The summed E-state index contributed by atoms with van der Waals surface area (Å²) < 4.78 is 0. The Morgan fingerprint density at radius 2 is 1.95 bits per heavy atom. The minimum absolute atomic E-state index is 0.140. The van der Waals surface area contributed by atoms with Gasteiger partial charge in [0.1, 0.15) is 0 Å². The molecule has 0 unspecified atom stereocenters. The Hall–Kier alpha value is -1.35. The first-order valence-corrected chi connectivity index (χ1v) is 7.37. The molecule has 3 heteroatoms. The second-order valence-electron chi connectivity index (χ2n) is 5.51. The van der Waals surface area contributed by atoms with Gasteiger partial charge in [-0.15, -0.1) is 0 Å². The van der Waals surface area contributed by atoms with Gasteiger partial charge in [0.05, 0.1) is 0 Å². The summed E-state index contributed by atoms with van der Waals surface area (Å²) in [6.45, 7) is 0.506. The zero-order chi connectivity index (χ0) is 13.5. The highest BCUT2D eigenvalue weighted by Crippen LogP contribution is 2.25. The van der Waals surface area contributed by atoms with Gasteiger partial charge >= 0.3 is 0 Å². The molecular weight excluding hydrogens is 236 g/mol. The maximum atomic E-state index is 12.1. The second kappa shape index (κ2) is 7.29. The lowest BCUT2D eigenvalue weighted by Crippen LogP contribution is -2.16. The van der Waals surface area contributed by atoms with Gasteiger partial charge in [-0.1, -0.05) is 37.8 Å². The van der Waals surface area contributed by atoms with E-state index in [9.17, 15) is 4.79 Å². The summed E-state index contributed by atoms with van der Waals surface area (Å²) in [5.74, 6) is 0.710. The summed E-state index contributed by atoms with van der Waals surface area (Å²) in [5.41, 5.74) is 7.51. The minimum Gasteiger partial charge on any atom is -0.326 e. The zero-order valence-corrected chi connectivity index (χ0v) is 11.5. The number of nitrogens with one attached hydrogen (secondary N) is 1. The molecule has 0 atom stereocenters. The van der Waals surface area contributed by atoms with Gasteiger partial charge in [-0.05, 0) is 36.5 Å². The summed E-state index contributed by atoms with van der Waals surface area (Å²) in [4.78, 5) is 12.1. The highest BCUT2D eigenvalue weighted by Gasteiger charge is 2.16. The van der Waals surface area contributed by atoms with Crippen LogP contribution in [0.5, 0.6) is 0 Å². The van der Waals surface area contributed by atoms with Gasteiger partial charge in [0, 0.05) is 18.7 Å². The molecule has 1 aliphatic rings. The number of benzene rings is 1. The van der Waals surface area contributed by atoms with Crippen LogP contribution in [0.2, 0.25) is 0 Å². The topological polar surface area (TPSA) is 55.1 Å². The fourth-order valence-corrected chi connectivity index (χ4v) is 2.82. The normalized spacial score (nSPS) is 16.9. The molecule has 1 aromatic carbocycles. The number of nitrogens with two attached hydrogens (primary N) is 1. The molecule has 3 N–H and O–H groups in total. The highest BCUT2D eigenvalue weighted by molar-refractivity contribution is 5.90. The molecule has 0 spiro atoms. The van der Waals surface area contributed by atoms with Gasteiger partial charge < -0.3 is 11.1 Å². The number of hydrogen-bond donors (Lipinski definition) is 2.